The molecule has 118 valence electrons. The number of nitrogens with zero attached hydrogens (tertiary/aromatic N) is 4. The zero-order chi connectivity index (χ0) is 15.1. The number of aryl methyl sites for hydroxylation is 1. The fourth-order valence-electron chi connectivity index (χ4n) is 2.25. The summed E-state index contributed by atoms with van der Waals surface area (Å²) in [6, 6.07) is 0. The highest BCUT2D eigenvalue weighted by Gasteiger charge is 2.16. The van der Waals surface area contributed by atoms with Crippen molar-refractivity contribution in [3.8, 4) is 0 Å². The molecule has 1 aromatic rings. The van der Waals surface area contributed by atoms with Crippen LogP contribution in [-0.2, 0) is 17.8 Å². The van der Waals surface area contributed by atoms with Gasteiger partial charge < -0.3 is 9.67 Å². The fraction of sp³-hybridized carbons (Fsp3) is 0.769. The highest BCUT2D eigenvalue weighted by Crippen LogP contribution is 2.18. The number of aliphatic carboxylic acids is 1. The van der Waals surface area contributed by atoms with Crippen molar-refractivity contribution in [1.29, 1.82) is 0 Å². The molecule has 0 spiro atoms. The molecule has 0 bridgehead atoms. The van der Waals surface area contributed by atoms with Crippen molar-refractivity contribution < 1.29 is 9.90 Å². The Balaban J connectivity index is 1.98. The van der Waals surface area contributed by atoms with E-state index in [4.69, 9.17) is 5.11 Å². The topological polar surface area (TPSA) is 71.2 Å². The maximum atomic E-state index is 10.7. The van der Waals surface area contributed by atoms with Crippen molar-refractivity contribution in [2.75, 3.05) is 36.9 Å². The Bertz CT molecular complexity index is 461. The number of thioether (sulfide) groups is 2. The minimum atomic E-state index is -0.820. The van der Waals surface area contributed by atoms with E-state index in [1.54, 1.807) is 0 Å². The standard InChI is InChI=1S/C13H22N4O2S2/c1-2-3-11-14-15-13(21-10-12(18)19)17(11)5-4-16-6-8-20-9-7-16/h2-10H2,1H3,(H,18,19). The van der Waals surface area contributed by atoms with Gasteiger partial charge in [0.2, 0.25) is 0 Å². The Morgan fingerprint density at radius 2 is 2.10 bits per heavy atom. The summed E-state index contributed by atoms with van der Waals surface area (Å²) in [7, 11) is 0. The third-order valence-corrected chi connectivity index (χ3v) is 5.23. The predicted molar refractivity (Wildman–Crippen MR) is 86.1 cm³/mol. The molecule has 1 saturated heterocycles. The third kappa shape index (κ3) is 5.19. The Kier molecular flexibility index (Phi) is 6.85. The molecule has 21 heavy (non-hydrogen) atoms. The summed E-state index contributed by atoms with van der Waals surface area (Å²) in [5.41, 5.74) is 0. The van der Waals surface area contributed by atoms with Crippen molar-refractivity contribution in [1.82, 2.24) is 19.7 Å². The Morgan fingerprint density at radius 1 is 1.33 bits per heavy atom. The minimum absolute atomic E-state index is 0.0324. The maximum Gasteiger partial charge on any atom is 0.313 e. The smallest absolute Gasteiger partial charge is 0.313 e. The van der Waals surface area contributed by atoms with Crippen molar-refractivity contribution in [2.45, 2.75) is 31.5 Å². The first-order valence-electron chi connectivity index (χ1n) is 7.27. The molecule has 1 aliphatic rings. The van der Waals surface area contributed by atoms with Gasteiger partial charge in [-0.05, 0) is 6.42 Å². The zero-order valence-electron chi connectivity index (χ0n) is 12.3. The molecular formula is C13H22N4O2S2. The molecule has 6 nitrogen and oxygen atoms in total. The largest absolute Gasteiger partial charge is 0.481 e. The molecule has 0 atom stereocenters. The van der Waals surface area contributed by atoms with E-state index in [0.29, 0.717) is 0 Å². The monoisotopic (exact) mass is 330 g/mol. The lowest BCUT2D eigenvalue weighted by Crippen LogP contribution is -2.35. The summed E-state index contributed by atoms with van der Waals surface area (Å²) in [6.45, 7) is 6.21. The van der Waals surface area contributed by atoms with Crippen LogP contribution in [0.25, 0.3) is 0 Å². The van der Waals surface area contributed by atoms with Gasteiger partial charge in [0, 0.05) is 44.1 Å². The first-order chi connectivity index (χ1) is 10.2. The van der Waals surface area contributed by atoms with Crippen molar-refractivity contribution >= 4 is 29.5 Å². The van der Waals surface area contributed by atoms with E-state index in [1.807, 2.05) is 11.8 Å². The van der Waals surface area contributed by atoms with Crippen LogP contribution < -0.4 is 0 Å². The van der Waals surface area contributed by atoms with Gasteiger partial charge in [0.15, 0.2) is 5.16 Å². The van der Waals surface area contributed by atoms with Gasteiger partial charge in [0.05, 0.1) is 5.75 Å². The van der Waals surface area contributed by atoms with Gasteiger partial charge in [-0.3, -0.25) is 9.69 Å². The van der Waals surface area contributed by atoms with Crippen molar-refractivity contribution in [3.05, 3.63) is 5.82 Å². The van der Waals surface area contributed by atoms with E-state index >= 15 is 0 Å². The van der Waals surface area contributed by atoms with Gasteiger partial charge in [0.25, 0.3) is 0 Å². The summed E-state index contributed by atoms with van der Waals surface area (Å²) in [5, 5.41) is 17.9. The van der Waals surface area contributed by atoms with Crippen molar-refractivity contribution in [2.24, 2.45) is 0 Å². The van der Waals surface area contributed by atoms with E-state index in [2.05, 4.69) is 26.6 Å². The minimum Gasteiger partial charge on any atom is -0.481 e. The Labute approximate surface area is 133 Å². The highest BCUT2D eigenvalue weighted by atomic mass is 32.2. The average Bonchev–Trinajstić information content (AvgIpc) is 2.86. The molecule has 0 aliphatic carbocycles. The van der Waals surface area contributed by atoms with Crippen LogP contribution in [0.1, 0.15) is 19.2 Å². The van der Waals surface area contributed by atoms with E-state index in [9.17, 15) is 4.79 Å². The van der Waals surface area contributed by atoms with E-state index in [-0.39, 0.29) is 5.75 Å². The van der Waals surface area contributed by atoms with Crippen LogP contribution in [0.3, 0.4) is 0 Å². The van der Waals surface area contributed by atoms with Crippen LogP contribution in [0.4, 0.5) is 0 Å². The van der Waals surface area contributed by atoms with E-state index < -0.39 is 5.97 Å². The predicted octanol–water partition coefficient (Wildman–Crippen LogP) is 1.46. The molecule has 0 radical (unpaired) electrons. The summed E-state index contributed by atoms with van der Waals surface area (Å²) in [5.74, 6) is 2.58. The first-order valence-corrected chi connectivity index (χ1v) is 9.41. The van der Waals surface area contributed by atoms with Gasteiger partial charge in [-0.2, -0.15) is 11.8 Å². The van der Waals surface area contributed by atoms with Crippen molar-refractivity contribution in [3.63, 3.8) is 0 Å². The average molecular weight is 330 g/mol. The molecule has 2 heterocycles. The quantitative estimate of drug-likeness (QED) is 0.723. The summed E-state index contributed by atoms with van der Waals surface area (Å²) >= 11 is 3.26. The lowest BCUT2D eigenvalue weighted by atomic mass is 10.3. The van der Waals surface area contributed by atoms with E-state index in [1.165, 1.54) is 23.3 Å². The SMILES string of the molecule is CCCc1nnc(SCC(=O)O)n1CCN1CCSCC1. The molecule has 0 aromatic carbocycles. The normalized spacial score (nSPS) is 16.2. The molecule has 0 amide bonds. The van der Waals surface area contributed by atoms with E-state index in [0.717, 1.165) is 50.0 Å². The number of hydrogen-bond donors (Lipinski definition) is 1. The lowest BCUT2D eigenvalue weighted by Gasteiger charge is -2.26. The Hall–Kier alpha value is -0.730. The third-order valence-electron chi connectivity index (χ3n) is 3.34. The van der Waals surface area contributed by atoms with Gasteiger partial charge in [-0.25, -0.2) is 0 Å². The second-order valence-electron chi connectivity index (χ2n) is 4.94. The van der Waals surface area contributed by atoms with Crippen LogP contribution in [0.5, 0.6) is 0 Å². The number of rotatable bonds is 8. The fourth-order valence-corrected chi connectivity index (χ4v) is 3.93. The molecule has 8 heteroatoms. The van der Waals surface area contributed by atoms with Gasteiger partial charge >= 0.3 is 5.97 Å². The molecule has 2 rings (SSSR count). The molecule has 1 aliphatic heterocycles. The second kappa shape index (κ2) is 8.65. The lowest BCUT2D eigenvalue weighted by molar-refractivity contribution is -0.133. The number of aromatic nitrogens is 3. The van der Waals surface area contributed by atoms with Crippen LogP contribution >= 0.6 is 23.5 Å². The maximum absolute atomic E-state index is 10.7. The van der Waals surface area contributed by atoms with Gasteiger partial charge in [-0.1, -0.05) is 18.7 Å². The number of carbonyl (C=O) groups is 1. The molecular weight excluding hydrogens is 308 g/mol. The van der Waals surface area contributed by atoms with Gasteiger partial charge in [-0.15, -0.1) is 10.2 Å². The highest BCUT2D eigenvalue weighted by molar-refractivity contribution is 7.99. The van der Waals surface area contributed by atoms with Crippen LogP contribution in [0.2, 0.25) is 0 Å². The molecule has 0 unspecified atom stereocenters. The Morgan fingerprint density at radius 3 is 2.76 bits per heavy atom. The first kappa shape index (κ1) is 16.6. The van der Waals surface area contributed by atoms with Crippen LogP contribution in [0.15, 0.2) is 5.16 Å². The van der Waals surface area contributed by atoms with Gasteiger partial charge in [0.1, 0.15) is 5.82 Å². The summed E-state index contributed by atoms with van der Waals surface area (Å²) in [4.78, 5) is 13.2. The molecule has 0 saturated carbocycles. The second-order valence-corrected chi connectivity index (χ2v) is 7.10. The summed E-state index contributed by atoms with van der Waals surface area (Å²) in [6.07, 6.45) is 1.90. The number of carboxylic acids is 1. The molecule has 1 N–H and O–H groups in total. The zero-order valence-corrected chi connectivity index (χ0v) is 14.0. The van der Waals surface area contributed by atoms with Crippen LogP contribution in [0, 0.1) is 0 Å². The van der Waals surface area contributed by atoms with Crippen LogP contribution in [-0.4, -0.2) is 67.6 Å². The number of hydrogen-bond acceptors (Lipinski definition) is 6. The molecule has 1 fully saturated rings. The summed E-state index contributed by atoms with van der Waals surface area (Å²) < 4.78 is 2.10. The number of carboxylic acid groups (broad SMARTS) is 1. The molecule has 1 aromatic heterocycles.